The lowest BCUT2D eigenvalue weighted by molar-refractivity contribution is -0.140. The molecule has 0 saturated carbocycles. The summed E-state index contributed by atoms with van der Waals surface area (Å²) in [6.07, 6.45) is 1.72. The van der Waals surface area contributed by atoms with Crippen LogP contribution >= 0.6 is 45.9 Å². The van der Waals surface area contributed by atoms with Crippen LogP contribution in [-0.4, -0.2) is 10.5 Å². The second kappa shape index (κ2) is 9.95. The van der Waals surface area contributed by atoms with Gasteiger partial charge in [-0.15, -0.1) is 11.3 Å². The maximum absolute atomic E-state index is 13.6. The van der Waals surface area contributed by atoms with E-state index in [1.807, 2.05) is 47.8 Å². The van der Waals surface area contributed by atoms with Crippen LogP contribution in [-0.2, 0) is 16.1 Å². The van der Waals surface area contributed by atoms with Gasteiger partial charge in [0.05, 0.1) is 15.8 Å². The van der Waals surface area contributed by atoms with E-state index in [1.54, 1.807) is 35.8 Å². The van der Waals surface area contributed by atoms with Crippen LogP contribution in [0.25, 0.3) is 6.08 Å². The van der Waals surface area contributed by atoms with Crippen molar-refractivity contribution in [1.29, 1.82) is 0 Å². The summed E-state index contributed by atoms with van der Waals surface area (Å²) in [6, 6.07) is 17.7. The van der Waals surface area contributed by atoms with Crippen molar-refractivity contribution in [2.24, 2.45) is 4.99 Å². The number of carbonyl (C=O) groups excluding carboxylic acids is 1. The first kappa shape index (κ1) is 23.8. The zero-order chi connectivity index (χ0) is 24.5. The van der Waals surface area contributed by atoms with Crippen molar-refractivity contribution >= 4 is 57.9 Å². The Bertz CT molecular complexity index is 1620. The molecular weight excluding hydrogens is 523 g/mol. The number of thiophene rings is 1. The molecule has 176 valence electrons. The molecule has 0 bridgehead atoms. The Hall–Kier alpha value is -2.97. The first-order valence-corrected chi connectivity index (χ1v) is 13.1. The minimum Gasteiger partial charge on any atom is -0.457 e. The Labute approximate surface area is 218 Å². The van der Waals surface area contributed by atoms with Crippen molar-refractivity contribution in [3.05, 3.63) is 123 Å². The number of benzene rings is 2. The first-order chi connectivity index (χ1) is 16.9. The molecule has 3 heterocycles. The van der Waals surface area contributed by atoms with Crippen molar-refractivity contribution in [1.82, 2.24) is 4.57 Å². The summed E-state index contributed by atoms with van der Waals surface area (Å²) in [4.78, 5) is 32.9. The van der Waals surface area contributed by atoms with Gasteiger partial charge in [0.15, 0.2) is 4.80 Å². The third-order valence-corrected chi connectivity index (χ3v) is 7.99. The number of aromatic nitrogens is 1. The van der Waals surface area contributed by atoms with Crippen molar-refractivity contribution in [2.45, 2.75) is 19.6 Å². The monoisotopic (exact) mass is 540 g/mol. The normalized spacial score (nSPS) is 15.6. The molecule has 1 unspecified atom stereocenters. The van der Waals surface area contributed by atoms with E-state index in [0.29, 0.717) is 36.2 Å². The SMILES string of the molecule is CC1=C(C(=O)OCc2ccccc2)C(c2cccs2)n2c(s/c(=C\c3ccc(Cl)cc3Cl)c2=O)=N1. The molecule has 0 spiro atoms. The highest BCUT2D eigenvalue weighted by Gasteiger charge is 2.34. The summed E-state index contributed by atoms with van der Waals surface area (Å²) >= 11 is 15.1. The van der Waals surface area contributed by atoms with Gasteiger partial charge < -0.3 is 4.74 Å². The number of rotatable bonds is 5. The zero-order valence-electron chi connectivity index (χ0n) is 18.4. The van der Waals surface area contributed by atoms with Crippen LogP contribution in [0.15, 0.2) is 87.1 Å². The van der Waals surface area contributed by atoms with E-state index in [-0.39, 0.29) is 12.2 Å². The second-order valence-corrected chi connectivity index (χ2v) is 10.7. The van der Waals surface area contributed by atoms with Gasteiger partial charge in [-0.25, -0.2) is 9.79 Å². The van der Waals surface area contributed by atoms with Gasteiger partial charge in [0.2, 0.25) is 0 Å². The highest BCUT2D eigenvalue weighted by Crippen LogP contribution is 2.33. The summed E-state index contributed by atoms with van der Waals surface area (Å²) in [5.74, 6) is -0.497. The molecule has 2 aromatic heterocycles. The van der Waals surface area contributed by atoms with Crippen LogP contribution in [0.5, 0.6) is 0 Å². The molecule has 1 aliphatic heterocycles. The predicted octanol–water partition coefficient (Wildman–Crippen LogP) is 5.35. The van der Waals surface area contributed by atoms with Crippen LogP contribution in [0.2, 0.25) is 10.0 Å². The summed E-state index contributed by atoms with van der Waals surface area (Å²) in [6.45, 7) is 1.90. The Balaban J connectivity index is 1.59. The van der Waals surface area contributed by atoms with Crippen molar-refractivity contribution in [2.75, 3.05) is 0 Å². The highest BCUT2D eigenvalue weighted by atomic mass is 35.5. The average Bonchev–Trinajstić information content (AvgIpc) is 3.48. The van der Waals surface area contributed by atoms with E-state index in [4.69, 9.17) is 27.9 Å². The Morgan fingerprint density at radius 1 is 1.14 bits per heavy atom. The Kier molecular flexibility index (Phi) is 6.75. The average molecular weight is 541 g/mol. The molecule has 0 aliphatic carbocycles. The van der Waals surface area contributed by atoms with Gasteiger partial charge in [0, 0.05) is 14.9 Å². The van der Waals surface area contributed by atoms with Gasteiger partial charge >= 0.3 is 5.97 Å². The molecule has 0 amide bonds. The topological polar surface area (TPSA) is 60.7 Å². The maximum Gasteiger partial charge on any atom is 0.338 e. The van der Waals surface area contributed by atoms with Gasteiger partial charge in [-0.05, 0) is 47.7 Å². The van der Waals surface area contributed by atoms with Crippen molar-refractivity contribution in [3.63, 3.8) is 0 Å². The number of hydrogen-bond donors (Lipinski definition) is 0. The van der Waals surface area contributed by atoms with Gasteiger partial charge in [-0.1, -0.05) is 77.0 Å². The van der Waals surface area contributed by atoms with E-state index >= 15 is 0 Å². The standard InChI is InChI=1S/C26H18Cl2N2O3S2/c1-15-22(25(32)33-14-16-6-3-2-4-7-16)23(20-8-5-11-34-20)30-24(31)21(35-26(30)29-15)12-17-9-10-18(27)13-19(17)28/h2-13,23H,14H2,1H3/b21-12-. The summed E-state index contributed by atoms with van der Waals surface area (Å²) in [7, 11) is 0. The third kappa shape index (κ3) is 4.77. The Morgan fingerprint density at radius 3 is 2.66 bits per heavy atom. The molecule has 2 aromatic carbocycles. The number of hydrogen-bond acceptors (Lipinski definition) is 6. The van der Waals surface area contributed by atoms with E-state index < -0.39 is 12.0 Å². The number of carbonyl (C=O) groups is 1. The number of thiazole rings is 1. The molecule has 35 heavy (non-hydrogen) atoms. The smallest absolute Gasteiger partial charge is 0.338 e. The molecule has 0 saturated heterocycles. The fourth-order valence-electron chi connectivity index (χ4n) is 3.86. The molecule has 0 radical (unpaired) electrons. The second-order valence-electron chi connectivity index (χ2n) is 7.82. The van der Waals surface area contributed by atoms with Gasteiger partial charge in [-0.2, -0.15) is 0 Å². The lowest BCUT2D eigenvalue weighted by Crippen LogP contribution is -2.39. The summed E-state index contributed by atoms with van der Waals surface area (Å²) < 4.78 is 7.68. The van der Waals surface area contributed by atoms with E-state index in [9.17, 15) is 9.59 Å². The van der Waals surface area contributed by atoms with E-state index in [0.717, 1.165) is 10.4 Å². The zero-order valence-corrected chi connectivity index (χ0v) is 21.5. The number of esters is 1. The molecule has 1 atom stereocenters. The fourth-order valence-corrected chi connectivity index (χ4v) is 6.18. The fraction of sp³-hybridized carbons (Fsp3) is 0.115. The number of allylic oxidation sites excluding steroid dienone is 1. The predicted molar refractivity (Wildman–Crippen MR) is 141 cm³/mol. The Morgan fingerprint density at radius 2 is 1.94 bits per heavy atom. The number of nitrogens with zero attached hydrogens (tertiary/aromatic N) is 2. The van der Waals surface area contributed by atoms with Gasteiger partial charge in [-0.3, -0.25) is 9.36 Å². The van der Waals surface area contributed by atoms with Crippen LogP contribution in [0.1, 0.15) is 29.0 Å². The van der Waals surface area contributed by atoms with Crippen LogP contribution in [0.4, 0.5) is 0 Å². The molecule has 9 heteroatoms. The molecule has 1 aliphatic rings. The maximum atomic E-state index is 13.6. The lowest BCUT2D eigenvalue weighted by atomic mass is 10.0. The van der Waals surface area contributed by atoms with Crippen LogP contribution in [0, 0.1) is 0 Å². The number of fused-ring (bicyclic) bond motifs is 1. The highest BCUT2D eigenvalue weighted by molar-refractivity contribution is 7.10. The van der Waals surface area contributed by atoms with Crippen LogP contribution in [0.3, 0.4) is 0 Å². The van der Waals surface area contributed by atoms with E-state index in [2.05, 4.69) is 4.99 Å². The first-order valence-electron chi connectivity index (χ1n) is 10.6. The molecule has 4 aromatic rings. The third-order valence-electron chi connectivity index (χ3n) is 5.52. The lowest BCUT2D eigenvalue weighted by Gasteiger charge is -2.23. The minimum atomic E-state index is -0.627. The minimum absolute atomic E-state index is 0.132. The number of halogens is 2. The molecular formula is C26H18Cl2N2O3S2. The summed E-state index contributed by atoms with van der Waals surface area (Å²) in [5.41, 5.74) is 2.18. The van der Waals surface area contributed by atoms with Crippen molar-refractivity contribution < 1.29 is 9.53 Å². The molecule has 5 nitrogen and oxygen atoms in total. The van der Waals surface area contributed by atoms with E-state index in [1.165, 1.54) is 22.7 Å². The molecule has 5 rings (SSSR count). The van der Waals surface area contributed by atoms with Gasteiger partial charge in [0.1, 0.15) is 12.6 Å². The largest absolute Gasteiger partial charge is 0.457 e. The molecule has 0 N–H and O–H groups in total. The molecule has 0 fully saturated rings. The quantitative estimate of drug-likeness (QED) is 0.320. The van der Waals surface area contributed by atoms with Gasteiger partial charge in [0.25, 0.3) is 5.56 Å². The number of ether oxygens (including phenoxy) is 1. The van der Waals surface area contributed by atoms with Crippen LogP contribution < -0.4 is 14.9 Å². The van der Waals surface area contributed by atoms with Crippen molar-refractivity contribution in [3.8, 4) is 0 Å². The summed E-state index contributed by atoms with van der Waals surface area (Å²) in [5, 5.41) is 2.88.